The quantitative estimate of drug-likeness (QED) is 0.796. The fourth-order valence-electron chi connectivity index (χ4n) is 1.91. The maximum absolute atomic E-state index is 5.95. The first-order chi connectivity index (χ1) is 9.63. The van der Waals surface area contributed by atoms with Crippen molar-refractivity contribution in [2.24, 2.45) is 0 Å². The van der Waals surface area contributed by atoms with E-state index in [9.17, 15) is 0 Å². The molecule has 0 fully saturated rings. The number of nitrogens with one attached hydrogen (secondary N) is 1. The van der Waals surface area contributed by atoms with Crippen LogP contribution in [0.1, 0.15) is 37.6 Å². The van der Waals surface area contributed by atoms with Crippen molar-refractivity contribution >= 4 is 11.6 Å². The van der Waals surface area contributed by atoms with Crippen molar-refractivity contribution in [3.05, 3.63) is 46.6 Å². The number of hydrogen-bond acceptors (Lipinski definition) is 4. The van der Waals surface area contributed by atoms with Gasteiger partial charge in [0.25, 0.3) is 0 Å². The predicted molar refractivity (Wildman–Crippen MR) is 80.0 cm³/mol. The van der Waals surface area contributed by atoms with Gasteiger partial charge in [-0.2, -0.15) is 0 Å². The van der Waals surface area contributed by atoms with E-state index in [0.29, 0.717) is 24.2 Å². The number of nitrogens with zero attached hydrogens (tertiary/aromatic N) is 2. The summed E-state index contributed by atoms with van der Waals surface area (Å²) in [4.78, 5) is 0. The zero-order chi connectivity index (χ0) is 14.4. The molecule has 0 atom stereocenters. The molecule has 108 valence electrons. The van der Waals surface area contributed by atoms with E-state index in [0.717, 1.165) is 30.0 Å². The van der Waals surface area contributed by atoms with Crippen molar-refractivity contribution in [1.29, 1.82) is 0 Å². The summed E-state index contributed by atoms with van der Waals surface area (Å²) < 4.78 is 5.64. The molecule has 0 amide bonds. The van der Waals surface area contributed by atoms with Gasteiger partial charge in [0.1, 0.15) is 0 Å². The van der Waals surface area contributed by atoms with Crippen LogP contribution in [-0.4, -0.2) is 22.8 Å². The van der Waals surface area contributed by atoms with Gasteiger partial charge in [0, 0.05) is 17.5 Å². The lowest BCUT2D eigenvalue weighted by molar-refractivity contribution is 0.446. The Bertz CT molecular complexity index is 539. The number of hydrogen-bond donors (Lipinski definition) is 1. The number of aryl methyl sites for hydroxylation is 1. The van der Waals surface area contributed by atoms with Gasteiger partial charge in [-0.05, 0) is 30.7 Å². The monoisotopic (exact) mass is 293 g/mol. The fraction of sp³-hybridized carbons (Fsp3) is 0.467. The number of benzene rings is 1. The third-order valence-electron chi connectivity index (χ3n) is 2.87. The van der Waals surface area contributed by atoms with Gasteiger partial charge in [-0.3, -0.25) is 0 Å². The third-order valence-corrected chi connectivity index (χ3v) is 3.11. The largest absolute Gasteiger partial charge is 0.425 e. The third kappa shape index (κ3) is 4.94. The van der Waals surface area contributed by atoms with Gasteiger partial charge in [-0.15, -0.1) is 10.2 Å². The van der Waals surface area contributed by atoms with Crippen LogP contribution in [0.25, 0.3) is 0 Å². The first-order valence-corrected chi connectivity index (χ1v) is 7.30. The van der Waals surface area contributed by atoms with Gasteiger partial charge in [0.2, 0.25) is 11.8 Å². The molecule has 20 heavy (non-hydrogen) atoms. The molecule has 0 aliphatic rings. The predicted octanol–water partition coefficient (Wildman–Crippen LogP) is 3.24. The van der Waals surface area contributed by atoms with E-state index in [1.165, 1.54) is 0 Å². The summed E-state index contributed by atoms with van der Waals surface area (Å²) >= 11 is 5.95. The second-order valence-corrected chi connectivity index (χ2v) is 5.55. The van der Waals surface area contributed by atoms with Gasteiger partial charge in [-0.25, -0.2) is 0 Å². The average molecular weight is 294 g/mol. The fourth-order valence-corrected chi connectivity index (χ4v) is 2.13. The van der Waals surface area contributed by atoms with E-state index in [4.69, 9.17) is 16.0 Å². The SMILES string of the molecule is CC(C)NCCCc1nnc(Cc2cccc(Cl)c2)o1. The molecule has 0 bridgehead atoms. The highest BCUT2D eigenvalue weighted by Gasteiger charge is 2.07. The Morgan fingerprint density at radius 2 is 2.05 bits per heavy atom. The Labute approximate surface area is 124 Å². The molecule has 0 radical (unpaired) electrons. The lowest BCUT2D eigenvalue weighted by Gasteiger charge is -2.05. The summed E-state index contributed by atoms with van der Waals surface area (Å²) in [6.45, 7) is 5.23. The Morgan fingerprint density at radius 1 is 1.25 bits per heavy atom. The molecule has 0 saturated heterocycles. The molecule has 0 spiro atoms. The van der Waals surface area contributed by atoms with Crippen LogP contribution in [0, 0.1) is 0 Å². The van der Waals surface area contributed by atoms with Crippen LogP contribution in [0.3, 0.4) is 0 Å². The Kier molecular flexibility index (Phi) is 5.56. The second kappa shape index (κ2) is 7.41. The van der Waals surface area contributed by atoms with Crippen LogP contribution in [-0.2, 0) is 12.8 Å². The molecule has 2 aromatic rings. The normalized spacial score (nSPS) is 11.2. The van der Waals surface area contributed by atoms with E-state index in [1.54, 1.807) is 0 Å². The van der Waals surface area contributed by atoms with Crippen molar-refractivity contribution in [1.82, 2.24) is 15.5 Å². The first kappa shape index (κ1) is 15.0. The summed E-state index contributed by atoms with van der Waals surface area (Å²) in [7, 11) is 0. The van der Waals surface area contributed by atoms with Crippen LogP contribution in [0.15, 0.2) is 28.7 Å². The van der Waals surface area contributed by atoms with E-state index in [2.05, 4.69) is 29.4 Å². The Hall–Kier alpha value is -1.39. The van der Waals surface area contributed by atoms with Crippen LogP contribution >= 0.6 is 11.6 Å². The molecule has 0 aliphatic carbocycles. The van der Waals surface area contributed by atoms with E-state index in [1.807, 2.05) is 24.3 Å². The standard InChI is InChI=1S/C15H20ClN3O/c1-11(2)17-8-4-7-14-18-19-15(20-14)10-12-5-3-6-13(16)9-12/h3,5-6,9,11,17H,4,7-8,10H2,1-2H3. The maximum Gasteiger partial charge on any atom is 0.220 e. The maximum atomic E-state index is 5.95. The molecule has 0 saturated carbocycles. The Morgan fingerprint density at radius 3 is 2.80 bits per heavy atom. The molecule has 5 heteroatoms. The molecule has 1 N–H and O–H groups in total. The first-order valence-electron chi connectivity index (χ1n) is 6.92. The lowest BCUT2D eigenvalue weighted by Crippen LogP contribution is -2.23. The zero-order valence-electron chi connectivity index (χ0n) is 11.9. The molecule has 2 rings (SSSR count). The summed E-state index contributed by atoms with van der Waals surface area (Å²) in [5.74, 6) is 1.34. The van der Waals surface area contributed by atoms with Gasteiger partial charge < -0.3 is 9.73 Å². The summed E-state index contributed by atoms with van der Waals surface area (Å²) in [5, 5.41) is 12.2. The minimum Gasteiger partial charge on any atom is -0.425 e. The second-order valence-electron chi connectivity index (χ2n) is 5.11. The van der Waals surface area contributed by atoms with E-state index in [-0.39, 0.29) is 0 Å². The molecular weight excluding hydrogens is 274 g/mol. The van der Waals surface area contributed by atoms with Crippen molar-refractivity contribution < 1.29 is 4.42 Å². The minimum atomic E-state index is 0.510. The van der Waals surface area contributed by atoms with Crippen molar-refractivity contribution in [3.63, 3.8) is 0 Å². The van der Waals surface area contributed by atoms with Crippen LogP contribution in [0.2, 0.25) is 5.02 Å². The van der Waals surface area contributed by atoms with Crippen LogP contribution in [0.5, 0.6) is 0 Å². The smallest absolute Gasteiger partial charge is 0.220 e. The Balaban J connectivity index is 1.83. The molecule has 4 nitrogen and oxygen atoms in total. The lowest BCUT2D eigenvalue weighted by atomic mass is 10.1. The van der Waals surface area contributed by atoms with Crippen molar-refractivity contribution in [2.45, 2.75) is 39.2 Å². The summed E-state index contributed by atoms with van der Waals surface area (Å²) in [5.41, 5.74) is 1.08. The van der Waals surface area contributed by atoms with Crippen molar-refractivity contribution in [2.75, 3.05) is 6.54 Å². The summed E-state index contributed by atoms with van der Waals surface area (Å²) in [6, 6.07) is 8.20. The van der Waals surface area contributed by atoms with Gasteiger partial charge in [0.05, 0.1) is 6.42 Å². The molecule has 1 aromatic carbocycles. The number of aromatic nitrogens is 2. The van der Waals surface area contributed by atoms with Gasteiger partial charge in [-0.1, -0.05) is 37.6 Å². The highest BCUT2D eigenvalue weighted by atomic mass is 35.5. The molecular formula is C15H20ClN3O. The average Bonchev–Trinajstić information content (AvgIpc) is 2.82. The highest BCUT2D eigenvalue weighted by Crippen LogP contribution is 2.14. The van der Waals surface area contributed by atoms with Crippen LogP contribution < -0.4 is 5.32 Å². The minimum absolute atomic E-state index is 0.510. The van der Waals surface area contributed by atoms with Gasteiger partial charge >= 0.3 is 0 Å². The molecule has 1 heterocycles. The summed E-state index contributed by atoms with van der Waals surface area (Å²) in [6.07, 6.45) is 2.43. The number of rotatable bonds is 7. The molecule has 0 unspecified atom stereocenters. The molecule has 1 aromatic heterocycles. The number of halogens is 1. The van der Waals surface area contributed by atoms with Crippen LogP contribution in [0.4, 0.5) is 0 Å². The topological polar surface area (TPSA) is 51.0 Å². The van der Waals surface area contributed by atoms with Gasteiger partial charge in [0.15, 0.2) is 0 Å². The van der Waals surface area contributed by atoms with E-state index < -0.39 is 0 Å². The highest BCUT2D eigenvalue weighted by molar-refractivity contribution is 6.30. The molecule has 0 aliphatic heterocycles. The van der Waals surface area contributed by atoms with Crippen molar-refractivity contribution in [3.8, 4) is 0 Å². The van der Waals surface area contributed by atoms with E-state index >= 15 is 0 Å². The zero-order valence-corrected chi connectivity index (χ0v) is 12.7.